The van der Waals surface area contributed by atoms with Crippen molar-refractivity contribution in [3.63, 3.8) is 0 Å². The van der Waals surface area contributed by atoms with Crippen LogP contribution >= 0.6 is 0 Å². The molecular formula is C13H16N2O3. The number of para-hydroxylation sites is 1. The minimum absolute atomic E-state index is 0.163. The summed E-state index contributed by atoms with van der Waals surface area (Å²) in [5.41, 5.74) is 7.40. The van der Waals surface area contributed by atoms with E-state index >= 15 is 0 Å². The van der Waals surface area contributed by atoms with Gasteiger partial charge in [0.2, 0.25) is 5.91 Å². The highest BCUT2D eigenvalue weighted by Crippen LogP contribution is 2.27. The lowest BCUT2D eigenvalue weighted by Crippen LogP contribution is -2.41. The maximum absolute atomic E-state index is 12.1. The van der Waals surface area contributed by atoms with E-state index in [1.165, 1.54) is 0 Å². The fraction of sp³-hybridized carbons (Fsp3) is 0.385. The first-order valence-corrected chi connectivity index (χ1v) is 5.96. The van der Waals surface area contributed by atoms with Crippen LogP contribution in [-0.4, -0.2) is 29.6 Å². The first-order valence-electron chi connectivity index (χ1n) is 5.96. The number of hydrogen-bond donors (Lipinski definition) is 2. The van der Waals surface area contributed by atoms with E-state index in [0.29, 0.717) is 6.54 Å². The molecule has 0 radical (unpaired) electrons. The number of carboxylic acid groups (broad SMARTS) is 1. The summed E-state index contributed by atoms with van der Waals surface area (Å²) in [6, 6.07) is 6.56. The van der Waals surface area contributed by atoms with E-state index < -0.39 is 12.0 Å². The van der Waals surface area contributed by atoms with Gasteiger partial charge in [0.25, 0.3) is 0 Å². The molecule has 0 aromatic heterocycles. The van der Waals surface area contributed by atoms with E-state index in [0.717, 1.165) is 24.1 Å². The lowest BCUT2D eigenvalue weighted by atomic mass is 10.0. The molecule has 2 rings (SSSR count). The normalized spacial score (nSPS) is 15.9. The van der Waals surface area contributed by atoms with Crippen molar-refractivity contribution >= 4 is 17.6 Å². The van der Waals surface area contributed by atoms with E-state index in [4.69, 9.17) is 10.8 Å². The number of aliphatic carboxylic acids is 1. The zero-order valence-electron chi connectivity index (χ0n) is 10.0. The minimum atomic E-state index is -1.14. The monoisotopic (exact) mass is 248 g/mol. The van der Waals surface area contributed by atoms with Crippen LogP contribution in [0.15, 0.2) is 24.3 Å². The van der Waals surface area contributed by atoms with E-state index in [9.17, 15) is 9.59 Å². The molecule has 1 heterocycles. The standard InChI is InChI=1S/C13H16N2O3/c14-10(13(17)18)8-12(16)15-7-3-5-9-4-1-2-6-11(9)15/h1-2,4,6,10H,3,5,7-8,14H2,(H,17,18). The third-order valence-electron chi connectivity index (χ3n) is 3.12. The molecule has 1 atom stereocenters. The number of benzene rings is 1. The quantitative estimate of drug-likeness (QED) is 0.827. The van der Waals surface area contributed by atoms with Crippen molar-refractivity contribution in [1.82, 2.24) is 0 Å². The van der Waals surface area contributed by atoms with Crippen molar-refractivity contribution in [3.8, 4) is 0 Å². The highest BCUT2D eigenvalue weighted by molar-refractivity contribution is 5.97. The minimum Gasteiger partial charge on any atom is -0.480 e. The molecule has 1 unspecified atom stereocenters. The molecule has 5 heteroatoms. The van der Waals surface area contributed by atoms with Crippen LogP contribution in [-0.2, 0) is 16.0 Å². The highest BCUT2D eigenvalue weighted by atomic mass is 16.4. The van der Waals surface area contributed by atoms with Crippen molar-refractivity contribution in [3.05, 3.63) is 29.8 Å². The average molecular weight is 248 g/mol. The van der Waals surface area contributed by atoms with Crippen LogP contribution in [0.5, 0.6) is 0 Å². The lowest BCUT2D eigenvalue weighted by Gasteiger charge is -2.29. The zero-order chi connectivity index (χ0) is 13.1. The van der Waals surface area contributed by atoms with Gasteiger partial charge in [-0.05, 0) is 24.5 Å². The Bertz CT molecular complexity index is 473. The van der Waals surface area contributed by atoms with Crippen molar-refractivity contribution in [2.24, 2.45) is 5.73 Å². The Morgan fingerprint density at radius 3 is 2.83 bits per heavy atom. The van der Waals surface area contributed by atoms with E-state index in [1.54, 1.807) is 4.90 Å². The Balaban J connectivity index is 2.15. The first-order chi connectivity index (χ1) is 8.59. The summed E-state index contributed by atoms with van der Waals surface area (Å²) >= 11 is 0. The molecule has 1 aromatic rings. The molecule has 1 amide bonds. The van der Waals surface area contributed by atoms with Crippen LogP contribution in [0.1, 0.15) is 18.4 Å². The molecule has 5 nitrogen and oxygen atoms in total. The Kier molecular flexibility index (Phi) is 3.62. The molecule has 1 aromatic carbocycles. The van der Waals surface area contributed by atoms with Crippen LogP contribution in [0.3, 0.4) is 0 Å². The Morgan fingerprint density at radius 2 is 2.11 bits per heavy atom. The predicted octanol–water partition coefficient (Wildman–Crippen LogP) is 0.768. The highest BCUT2D eigenvalue weighted by Gasteiger charge is 2.25. The van der Waals surface area contributed by atoms with Crippen molar-refractivity contribution in [2.75, 3.05) is 11.4 Å². The number of hydrogen-bond acceptors (Lipinski definition) is 3. The number of carbonyl (C=O) groups is 2. The molecule has 0 spiro atoms. The van der Waals surface area contributed by atoms with Gasteiger partial charge in [-0.2, -0.15) is 0 Å². The number of nitrogens with zero attached hydrogens (tertiary/aromatic N) is 1. The number of carboxylic acids is 1. The number of carbonyl (C=O) groups excluding carboxylic acids is 1. The Morgan fingerprint density at radius 1 is 1.39 bits per heavy atom. The third-order valence-corrected chi connectivity index (χ3v) is 3.12. The molecule has 0 saturated heterocycles. The van der Waals surface area contributed by atoms with Gasteiger partial charge in [-0.25, -0.2) is 0 Å². The SMILES string of the molecule is NC(CC(=O)N1CCCc2ccccc21)C(=O)O. The zero-order valence-corrected chi connectivity index (χ0v) is 10.0. The third kappa shape index (κ3) is 2.51. The van der Waals surface area contributed by atoms with Crippen molar-refractivity contribution < 1.29 is 14.7 Å². The molecule has 1 aliphatic heterocycles. The molecular weight excluding hydrogens is 232 g/mol. The Hall–Kier alpha value is -1.88. The number of fused-ring (bicyclic) bond motifs is 1. The van der Waals surface area contributed by atoms with Gasteiger partial charge in [-0.1, -0.05) is 18.2 Å². The molecule has 0 bridgehead atoms. The van der Waals surface area contributed by atoms with Crippen LogP contribution in [0.2, 0.25) is 0 Å². The number of aryl methyl sites for hydroxylation is 1. The topological polar surface area (TPSA) is 83.6 Å². The fourth-order valence-electron chi connectivity index (χ4n) is 2.18. The predicted molar refractivity (Wildman–Crippen MR) is 67.3 cm³/mol. The van der Waals surface area contributed by atoms with Gasteiger partial charge in [0, 0.05) is 12.2 Å². The first kappa shape index (κ1) is 12.6. The van der Waals surface area contributed by atoms with Crippen LogP contribution in [0, 0.1) is 0 Å². The van der Waals surface area contributed by atoms with E-state index in [1.807, 2.05) is 24.3 Å². The number of amides is 1. The summed E-state index contributed by atoms with van der Waals surface area (Å²) in [4.78, 5) is 24.4. The molecule has 0 aliphatic carbocycles. The summed E-state index contributed by atoms with van der Waals surface area (Å²) in [6.45, 7) is 0.627. The molecule has 96 valence electrons. The second-order valence-corrected chi connectivity index (χ2v) is 4.43. The largest absolute Gasteiger partial charge is 0.480 e. The van der Waals surface area contributed by atoms with Gasteiger partial charge in [0.1, 0.15) is 6.04 Å². The summed E-state index contributed by atoms with van der Waals surface area (Å²) in [6.07, 6.45) is 1.68. The number of nitrogens with two attached hydrogens (primary N) is 1. The van der Waals surface area contributed by atoms with E-state index in [2.05, 4.69) is 0 Å². The molecule has 0 saturated carbocycles. The van der Waals surface area contributed by atoms with Crippen LogP contribution in [0.25, 0.3) is 0 Å². The van der Waals surface area contributed by atoms with E-state index in [-0.39, 0.29) is 12.3 Å². The summed E-state index contributed by atoms with van der Waals surface area (Å²) < 4.78 is 0. The average Bonchev–Trinajstić information content (AvgIpc) is 2.37. The smallest absolute Gasteiger partial charge is 0.321 e. The van der Waals surface area contributed by atoms with Gasteiger partial charge < -0.3 is 15.7 Å². The molecule has 1 aliphatic rings. The maximum Gasteiger partial charge on any atom is 0.321 e. The van der Waals surface area contributed by atoms with Crippen molar-refractivity contribution in [1.29, 1.82) is 0 Å². The second kappa shape index (κ2) is 5.18. The fourth-order valence-corrected chi connectivity index (χ4v) is 2.18. The maximum atomic E-state index is 12.1. The van der Waals surface area contributed by atoms with Gasteiger partial charge in [-0.3, -0.25) is 9.59 Å². The molecule has 3 N–H and O–H groups in total. The number of rotatable bonds is 3. The van der Waals surface area contributed by atoms with Crippen molar-refractivity contribution in [2.45, 2.75) is 25.3 Å². The van der Waals surface area contributed by atoms with Crippen LogP contribution in [0.4, 0.5) is 5.69 Å². The lowest BCUT2D eigenvalue weighted by molar-refractivity contribution is -0.140. The van der Waals surface area contributed by atoms with Crippen LogP contribution < -0.4 is 10.6 Å². The molecule has 18 heavy (non-hydrogen) atoms. The second-order valence-electron chi connectivity index (χ2n) is 4.43. The van der Waals surface area contributed by atoms with Gasteiger partial charge in [0.05, 0.1) is 6.42 Å². The van der Waals surface area contributed by atoms with Gasteiger partial charge in [0.15, 0.2) is 0 Å². The summed E-state index contributed by atoms with van der Waals surface area (Å²) in [7, 11) is 0. The Labute approximate surface area is 105 Å². The summed E-state index contributed by atoms with van der Waals surface area (Å²) in [5.74, 6) is -1.37. The molecule has 0 fully saturated rings. The summed E-state index contributed by atoms with van der Waals surface area (Å²) in [5, 5.41) is 8.73. The number of anilines is 1. The van der Waals surface area contributed by atoms with Gasteiger partial charge >= 0.3 is 5.97 Å². The van der Waals surface area contributed by atoms with Gasteiger partial charge in [-0.15, -0.1) is 0 Å².